The number of carboxylic acids is 1. The summed E-state index contributed by atoms with van der Waals surface area (Å²) in [4.78, 5) is 10.5. The van der Waals surface area contributed by atoms with Crippen molar-refractivity contribution in [2.24, 2.45) is 0 Å². The van der Waals surface area contributed by atoms with Crippen LogP contribution in [0.3, 0.4) is 0 Å². The highest BCUT2D eigenvalue weighted by Gasteiger charge is 2.58. The third-order valence-corrected chi connectivity index (χ3v) is 1.77. The van der Waals surface area contributed by atoms with Gasteiger partial charge in [0.05, 0.1) is 6.61 Å². The molecular weight excluding hydrogens is 272 g/mol. The molecule has 0 aliphatic carbocycles. The van der Waals surface area contributed by atoms with Gasteiger partial charge in [0.1, 0.15) is 6.04 Å². The summed E-state index contributed by atoms with van der Waals surface area (Å²) in [7, 11) is 0. The fourth-order valence-corrected chi connectivity index (χ4v) is 1.03. The van der Waals surface area contributed by atoms with Crippen LogP contribution in [-0.2, 0) is 9.53 Å². The van der Waals surface area contributed by atoms with Gasteiger partial charge in [0.25, 0.3) is 0 Å². The molecule has 0 aliphatic heterocycles. The van der Waals surface area contributed by atoms with Crippen molar-refractivity contribution in [3.63, 3.8) is 0 Å². The third-order valence-electron chi connectivity index (χ3n) is 1.77. The van der Waals surface area contributed by atoms with Gasteiger partial charge in [-0.15, -0.1) is 0 Å². The van der Waals surface area contributed by atoms with E-state index in [1.54, 1.807) is 0 Å². The molecule has 0 bridgehead atoms. The van der Waals surface area contributed by atoms with E-state index in [0.29, 0.717) is 0 Å². The lowest BCUT2D eigenvalue weighted by Crippen LogP contribution is -2.48. The molecule has 0 spiro atoms. The molecule has 0 amide bonds. The summed E-state index contributed by atoms with van der Waals surface area (Å²) in [6, 6.07) is -1.64. The van der Waals surface area contributed by atoms with Crippen LogP contribution in [0.2, 0.25) is 0 Å². The number of hydrogen-bond donors (Lipinski definition) is 2. The third kappa shape index (κ3) is 5.54. The maximum atomic E-state index is 12.0. The van der Waals surface area contributed by atoms with Crippen molar-refractivity contribution in [3.05, 3.63) is 0 Å². The first kappa shape index (κ1) is 17.0. The Hall–Kier alpha value is -1.03. The Morgan fingerprint density at radius 3 is 1.94 bits per heavy atom. The van der Waals surface area contributed by atoms with Crippen LogP contribution in [0.5, 0.6) is 0 Å². The van der Waals surface area contributed by atoms with Crippen LogP contribution in [0.1, 0.15) is 6.92 Å². The monoisotopic (exact) mass is 283 g/mol. The summed E-state index contributed by atoms with van der Waals surface area (Å²) in [5, 5.41) is 10.7. The van der Waals surface area contributed by atoms with Gasteiger partial charge in [0.15, 0.2) is 0 Å². The first-order valence-electron chi connectivity index (χ1n) is 4.71. The van der Waals surface area contributed by atoms with Gasteiger partial charge in [-0.3, -0.25) is 4.79 Å². The van der Waals surface area contributed by atoms with E-state index in [-0.39, 0.29) is 6.54 Å². The molecule has 108 valence electrons. The molecule has 10 heteroatoms. The number of aliphatic carboxylic acids is 1. The van der Waals surface area contributed by atoms with E-state index >= 15 is 0 Å². The quantitative estimate of drug-likeness (QED) is 0.726. The number of carboxylic acid groups (broad SMARTS) is 1. The second kappa shape index (κ2) is 6.23. The Bertz CT molecular complexity index is 263. The lowest BCUT2D eigenvalue weighted by molar-refractivity contribution is -0.322. The summed E-state index contributed by atoms with van der Waals surface area (Å²) < 4.78 is 75.9. The maximum Gasteiger partial charge on any atom is 0.423 e. The number of nitrogens with one attached hydrogen (secondary N) is 1. The molecule has 0 heterocycles. The predicted octanol–water partition coefficient (Wildman–Crippen LogP) is 1.56. The van der Waals surface area contributed by atoms with Crippen molar-refractivity contribution < 1.29 is 41.0 Å². The number of halogens is 6. The van der Waals surface area contributed by atoms with Crippen molar-refractivity contribution in [2.75, 3.05) is 13.2 Å². The fourth-order valence-electron chi connectivity index (χ4n) is 1.03. The zero-order valence-corrected chi connectivity index (χ0v) is 9.10. The molecule has 2 N–H and O–H groups in total. The highest BCUT2D eigenvalue weighted by atomic mass is 19.4. The number of ether oxygens (including phenoxy) is 1. The summed E-state index contributed by atoms with van der Waals surface area (Å²) in [5.41, 5.74) is 0. The molecule has 0 aromatic carbocycles. The Morgan fingerprint density at radius 2 is 1.67 bits per heavy atom. The first-order valence-corrected chi connectivity index (χ1v) is 4.71. The average Bonchev–Trinajstić information content (AvgIpc) is 2.11. The van der Waals surface area contributed by atoms with Crippen LogP contribution in [0.15, 0.2) is 0 Å². The van der Waals surface area contributed by atoms with Gasteiger partial charge in [-0.25, -0.2) is 0 Å². The van der Waals surface area contributed by atoms with Gasteiger partial charge >= 0.3 is 18.3 Å². The molecule has 0 aliphatic rings. The van der Waals surface area contributed by atoms with Crippen molar-refractivity contribution in [2.45, 2.75) is 31.4 Å². The lowest BCUT2D eigenvalue weighted by atomic mass is 10.3. The summed E-state index contributed by atoms with van der Waals surface area (Å²) in [6.07, 6.45) is -15.3. The van der Waals surface area contributed by atoms with Crippen LogP contribution < -0.4 is 5.32 Å². The molecule has 0 fully saturated rings. The second-order valence-electron chi connectivity index (χ2n) is 3.25. The number of likely N-dealkylation sites (N-methyl/N-ethyl adjacent to an activating group) is 1. The Kier molecular flexibility index (Phi) is 5.87. The average molecular weight is 283 g/mol. The van der Waals surface area contributed by atoms with Crippen molar-refractivity contribution in [1.82, 2.24) is 5.32 Å². The smallest absolute Gasteiger partial charge is 0.423 e. The summed E-state index contributed by atoms with van der Waals surface area (Å²) in [5.74, 6) is -1.60. The molecule has 18 heavy (non-hydrogen) atoms. The van der Waals surface area contributed by atoms with Crippen LogP contribution in [0.4, 0.5) is 26.3 Å². The first-order chi connectivity index (χ1) is 8.00. The van der Waals surface area contributed by atoms with Crippen molar-refractivity contribution >= 4 is 5.97 Å². The van der Waals surface area contributed by atoms with E-state index < -0.39 is 37.1 Å². The van der Waals surface area contributed by atoms with Gasteiger partial charge in [0, 0.05) is 0 Å². The van der Waals surface area contributed by atoms with Crippen molar-refractivity contribution in [3.8, 4) is 0 Å². The molecule has 4 nitrogen and oxygen atoms in total. The van der Waals surface area contributed by atoms with Crippen LogP contribution in [0.25, 0.3) is 0 Å². The SMILES string of the molecule is CCNC(COC(C(F)(F)F)C(F)(F)F)C(=O)O. The lowest BCUT2D eigenvalue weighted by Gasteiger charge is -2.24. The number of alkyl halides is 6. The van der Waals surface area contributed by atoms with E-state index in [2.05, 4.69) is 10.1 Å². The van der Waals surface area contributed by atoms with E-state index in [9.17, 15) is 31.1 Å². The Morgan fingerprint density at radius 1 is 1.22 bits per heavy atom. The van der Waals surface area contributed by atoms with E-state index in [4.69, 9.17) is 5.11 Å². The van der Waals surface area contributed by atoms with E-state index in [1.165, 1.54) is 6.92 Å². The topological polar surface area (TPSA) is 58.6 Å². The minimum atomic E-state index is -5.65. The number of rotatable bonds is 6. The highest BCUT2D eigenvalue weighted by Crippen LogP contribution is 2.35. The van der Waals surface area contributed by atoms with E-state index in [0.717, 1.165) is 0 Å². The van der Waals surface area contributed by atoms with Crippen LogP contribution in [0, 0.1) is 0 Å². The molecular formula is C8H11F6NO3. The molecule has 0 saturated heterocycles. The number of carbonyl (C=O) groups is 1. The van der Waals surface area contributed by atoms with Gasteiger partial charge in [-0.1, -0.05) is 6.92 Å². The van der Waals surface area contributed by atoms with Crippen LogP contribution >= 0.6 is 0 Å². The standard InChI is InChI=1S/C8H11F6NO3/c1-2-15-4(5(16)17)3-18-6(7(9,10)11)8(12,13)14/h4,6,15H,2-3H2,1H3,(H,16,17). The molecule has 0 rings (SSSR count). The largest absolute Gasteiger partial charge is 0.480 e. The molecule has 0 aromatic heterocycles. The predicted molar refractivity (Wildman–Crippen MR) is 47.0 cm³/mol. The van der Waals surface area contributed by atoms with Crippen molar-refractivity contribution in [1.29, 1.82) is 0 Å². The maximum absolute atomic E-state index is 12.0. The molecule has 1 atom stereocenters. The van der Waals surface area contributed by atoms with E-state index in [1.807, 2.05) is 0 Å². The van der Waals surface area contributed by atoms with Gasteiger partial charge in [-0.2, -0.15) is 26.3 Å². The van der Waals surface area contributed by atoms with Gasteiger partial charge < -0.3 is 15.2 Å². The fraction of sp³-hybridized carbons (Fsp3) is 0.875. The van der Waals surface area contributed by atoms with Crippen LogP contribution in [-0.4, -0.2) is 48.7 Å². The molecule has 0 saturated carbocycles. The zero-order chi connectivity index (χ0) is 14.6. The minimum Gasteiger partial charge on any atom is -0.480 e. The molecule has 0 aromatic rings. The zero-order valence-electron chi connectivity index (χ0n) is 9.10. The normalized spacial score (nSPS) is 14.9. The summed E-state index contributed by atoms with van der Waals surface area (Å²) in [6.45, 7) is 0.261. The highest BCUT2D eigenvalue weighted by molar-refractivity contribution is 5.73. The molecule has 0 radical (unpaired) electrons. The number of hydrogen-bond acceptors (Lipinski definition) is 3. The summed E-state index contributed by atoms with van der Waals surface area (Å²) >= 11 is 0. The Labute approximate surface area is 97.9 Å². The second-order valence-corrected chi connectivity index (χ2v) is 3.25. The van der Waals surface area contributed by atoms with Gasteiger partial charge in [-0.05, 0) is 6.54 Å². The van der Waals surface area contributed by atoms with Gasteiger partial charge in [0.2, 0.25) is 6.10 Å². The minimum absolute atomic E-state index is 0.0586. The molecule has 1 unspecified atom stereocenters. The Balaban J connectivity index is 4.66.